The van der Waals surface area contributed by atoms with Crippen molar-refractivity contribution in [3.05, 3.63) is 549 Å². The van der Waals surface area contributed by atoms with Gasteiger partial charge in [-0.25, -0.2) is 0 Å². The van der Waals surface area contributed by atoms with Crippen molar-refractivity contribution in [2.45, 2.75) is 24.7 Å². The third-order valence-corrected chi connectivity index (χ3v) is 36.8. The van der Waals surface area contributed by atoms with Crippen LogP contribution in [0.5, 0.6) is 0 Å². The van der Waals surface area contributed by atoms with Crippen LogP contribution in [0.15, 0.2) is 516 Å². The maximum atomic E-state index is 15.9. The number of hydrogen-bond donors (Lipinski definition) is 0. The van der Waals surface area contributed by atoms with Gasteiger partial charge in [0.2, 0.25) is 21.9 Å². The Kier molecular flexibility index (Phi) is 20.5. The molecule has 26 rings (SSSR count). The van der Waals surface area contributed by atoms with Crippen LogP contribution in [0.3, 0.4) is 0 Å². The smallest absolute Gasteiger partial charge is 0.234 e. The highest BCUT2D eigenvalue weighted by molar-refractivity contribution is 7.80. The number of nitrogens with zero attached hydrogens (tertiary/aromatic N) is 6. The maximum absolute atomic E-state index is 15.9. The van der Waals surface area contributed by atoms with Crippen LogP contribution < -0.4 is 41.4 Å². The number of fused-ring (bicyclic) bond motifs is 16. The third kappa shape index (κ3) is 13.0. The first-order valence-corrected chi connectivity index (χ1v) is 51.3. The van der Waals surface area contributed by atoms with Crippen molar-refractivity contribution >= 4 is 169 Å². The fraction of sp³-hybridized carbons (Fsp3) is 0.0323. The Bertz CT molecular complexity index is 8560. The van der Waals surface area contributed by atoms with Crippen molar-refractivity contribution in [2.75, 3.05) is 9.57 Å². The zero-order chi connectivity index (χ0) is 91.3. The van der Waals surface area contributed by atoms with E-state index in [1.54, 1.807) is 0 Å². The molecule has 9 nitrogen and oxygen atoms in total. The molecule has 0 saturated carbocycles. The molecule has 0 N–H and O–H groups in total. The highest BCUT2D eigenvalue weighted by Gasteiger charge is 2.49. The van der Waals surface area contributed by atoms with E-state index in [2.05, 4.69) is 363 Å². The third-order valence-electron chi connectivity index (χ3n) is 27.9. The van der Waals surface area contributed by atoms with Crippen molar-refractivity contribution < 1.29 is 13.7 Å². The summed E-state index contributed by atoms with van der Waals surface area (Å²) in [5, 5.41) is 14.1. The Hall–Kier alpha value is -16.1. The normalized spacial score (nSPS) is 13.2. The molecule has 0 spiro atoms. The lowest BCUT2D eigenvalue weighted by molar-refractivity contribution is 0.582. The first-order chi connectivity index (χ1) is 66.9. The van der Waals surface area contributed by atoms with Crippen molar-refractivity contribution in [3.8, 4) is 11.4 Å². The van der Waals surface area contributed by atoms with Gasteiger partial charge in [0.25, 0.3) is 0 Å². The zero-order valence-corrected chi connectivity index (χ0v) is 77.5. The fourth-order valence-electron chi connectivity index (χ4n) is 21.9. The summed E-state index contributed by atoms with van der Waals surface area (Å²) in [6, 6.07) is 178. The zero-order valence-electron chi connectivity index (χ0n) is 74.8. The van der Waals surface area contributed by atoms with Crippen molar-refractivity contribution in [1.29, 1.82) is 0 Å². The minimum absolute atomic E-state index is 0.324. The van der Waals surface area contributed by atoms with Gasteiger partial charge in [-0.05, 0) is 215 Å². The Balaban J connectivity index is 0.000000113. The van der Waals surface area contributed by atoms with E-state index in [9.17, 15) is 0 Å². The summed E-state index contributed by atoms with van der Waals surface area (Å²) < 4.78 is 58.4. The molecule has 6 heterocycles. The van der Waals surface area contributed by atoms with Gasteiger partial charge in [-0.2, -0.15) is 0 Å². The molecule has 0 radical (unpaired) electrons. The molecule has 0 aliphatic carbocycles. The highest BCUT2D eigenvalue weighted by Crippen LogP contribution is 2.64. The summed E-state index contributed by atoms with van der Waals surface area (Å²) in [6.45, 7) is 4.57. The van der Waals surface area contributed by atoms with E-state index in [-0.39, 0.29) is 5.41 Å². The molecule has 12 heteroatoms. The molecule has 0 bridgehead atoms. The number of para-hydroxylation sites is 9. The minimum atomic E-state index is -3.36. The Morgan fingerprint density at radius 3 is 0.809 bits per heavy atom. The fourth-order valence-corrected chi connectivity index (χ4v) is 30.5. The minimum Gasteiger partial charge on any atom is -0.310 e. The van der Waals surface area contributed by atoms with E-state index < -0.39 is 27.3 Å². The predicted molar refractivity (Wildman–Crippen MR) is 571 cm³/mol. The molecule has 0 amide bonds. The summed E-state index contributed by atoms with van der Waals surface area (Å²) in [6.07, 6.45) is 0. The van der Waals surface area contributed by atoms with Crippen LogP contribution in [-0.2, 0) is 24.5 Å². The second-order valence-corrected chi connectivity index (χ2v) is 43.3. The standard InChI is InChI=1S/C49H35N2OP.C39H31N2OP.C36H25N2OP/c52-53(39-23-9-3-10-24-39,40-25-11-4-12-26-40)51-45-30-16-13-27-41(45)42-35-38(33-34-46(42)51)50-47-31-17-14-28-43(47)49(36-19-5-1-6-20-36,37-21-7-2-8-22-37)44-29-15-18-32-48(44)50;1-39(2)33-21-11-14-24-37(33)41(43(42,29-15-5-3-6-16-29)30-17-7-4-8-18-30)38-26-25-28(27-34(38)39)40-35-22-12-9-19-31(35)32-20-10-13-23-36(32)40;39-40(27-13-3-1-4-14-27,28-15-5-2-6-16-28)38-35-22-12-9-19-31(35)32-25-26(23-24-36(32)38)37-33-20-10-7-17-29(33)30-18-8-11-21-34(30)37/h1-35H;3-27H,1-2H3;1-25H. The average molecular weight is 1810 g/mol. The highest BCUT2D eigenvalue weighted by atomic mass is 31.2. The lowest BCUT2D eigenvalue weighted by atomic mass is 9.62. The summed E-state index contributed by atoms with van der Waals surface area (Å²) in [4.78, 5) is 2.41. The molecule has 650 valence electrons. The van der Waals surface area contributed by atoms with Gasteiger partial charge in [0, 0.05) is 97.4 Å². The van der Waals surface area contributed by atoms with Gasteiger partial charge in [-0.3, -0.25) is 27.0 Å². The summed E-state index contributed by atoms with van der Waals surface area (Å²) in [7, 11) is -9.97. The number of hydrogen-bond acceptors (Lipinski definition) is 4. The van der Waals surface area contributed by atoms with E-state index in [1.165, 1.54) is 65.9 Å². The Labute approximate surface area is 789 Å². The monoisotopic (exact) mass is 1800 g/mol. The molecule has 24 aromatic rings. The Morgan fingerprint density at radius 2 is 0.441 bits per heavy atom. The number of benzene rings is 20. The van der Waals surface area contributed by atoms with Crippen LogP contribution in [-0.4, -0.2) is 17.8 Å². The molecular weight excluding hydrogens is 1710 g/mol. The van der Waals surface area contributed by atoms with E-state index in [1.807, 2.05) is 194 Å². The molecular formula is C124H91N6O3P3. The average Bonchev–Trinajstić information content (AvgIpc) is 1.19. The largest absolute Gasteiger partial charge is 0.310 e. The Morgan fingerprint density at radius 1 is 0.191 bits per heavy atom. The molecule has 2 aliphatic heterocycles. The summed E-state index contributed by atoms with van der Waals surface area (Å²) >= 11 is 0. The topological polar surface area (TPSA) is 77.4 Å². The van der Waals surface area contributed by atoms with Crippen LogP contribution in [0.1, 0.15) is 47.2 Å². The van der Waals surface area contributed by atoms with E-state index in [0.29, 0.717) is 0 Å². The number of rotatable bonds is 14. The van der Waals surface area contributed by atoms with Crippen LogP contribution in [0.4, 0.5) is 28.4 Å². The van der Waals surface area contributed by atoms with Gasteiger partial charge < -0.3 is 14.0 Å². The van der Waals surface area contributed by atoms with Crippen molar-refractivity contribution in [1.82, 2.24) is 17.8 Å². The number of anilines is 5. The first kappa shape index (κ1) is 83.0. The molecule has 0 fully saturated rings. The van der Waals surface area contributed by atoms with E-state index in [0.717, 1.165) is 126 Å². The van der Waals surface area contributed by atoms with Crippen molar-refractivity contribution in [3.63, 3.8) is 0 Å². The van der Waals surface area contributed by atoms with E-state index in [4.69, 9.17) is 0 Å². The lowest BCUT2D eigenvalue weighted by Gasteiger charge is -2.46. The van der Waals surface area contributed by atoms with Gasteiger partial charge in [0.15, 0.2) is 0 Å². The predicted octanol–water partition coefficient (Wildman–Crippen LogP) is 29.9. The summed E-state index contributed by atoms with van der Waals surface area (Å²) in [5.41, 5.74) is 22.3. The van der Waals surface area contributed by atoms with Crippen LogP contribution >= 0.6 is 21.9 Å². The molecule has 136 heavy (non-hydrogen) atoms. The van der Waals surface area contributed by atoms with Gasteiger partial charge >= 0.3 is 0 Å². The van der Waals surface area contributed by atoms with Gasteiger partial charge in [0.1, 0.15) is 0 Å². The SMILES string of the molecule is CC1(C)c2ccccc2N(P(=O)(c2ccccc2)c2ccccc2)c2ccc(-n3c4ccccc4c4ccccc43)cc21.O=P(c1ccccc1)(c1ccccc1)n1c2ccccc2c2cc(-n3c4ccccc4c4ccccc43)ccc21.O=P(c1ccccc1)(c1ccccc1)n1c2ccccc2c2cc(N3c4ccccc4C(c4ccccc4)(c4ccccc4)c4ccccc43)ccc21. The molecule has 0 unspecified atom stereocenters. The van der Waals surface area contributed by atoms with E-state index >= 15 is 13.7 Å². The van der Waals surface area contributed by atoms with Gasteiger partial charge in [-0.15, -0.1) is 0 Å². The van der Waals surface area contributed by atoms with Crippen LogP contribution in [0.2, 0.25) is 0 Å². The van der Waals surface area contributed by atoms with Crippen LogP contribution in [0.25, 0.3) is 98.6 Å². The first-order valence-electron chi connectivity index (χ1n) is 46.3. The molecule has 0 saturated heterocycles. The second-order valence-electron chi connectivity index (χ2n) is 35.5. The van der Waals surface area contributed by atoms with Crippen molar-refractivity contribution in [2.24, 2.45) is 0 Å². The summed E-state index contributed by atoms with van der Waals surface area (Å²) in [5.74, 6) is 0. The number of aromatic nitrogens is 4. The quantitative estimate of drug-likeness (QED) is 0.101. The molecule has 4 aromatic heterocycles. The van der Waals surface area contributed by atoms with Gasteiger partial charge in [-0.1, -0.05) is 347 Å². The second kappa shape index (κ2) is 33.6. The molecule has 20 aromatic carbocycles. The van der Waals surface area contributed by atoms with Crippen LogP contribution in [0, 0.1) is 0 Å². The maximum Gasteiger partial charge on any atom is 0.234 e. The molecule has 0 atom stereocenters. The molecule has 2 aliphatic rings. The van der Waals surface area contributed by atoms with Gasteiger partial charge in [0.05, 0.1) is 72.3 Å². The lowest BCUT2D eigenvalue weighted by Crippen LogP contribution is -2.37.